The van der Waals surface area contributed by atoms with Crippen molar-refractivity contribution in [2.45, 2.75) is 34.1 Å². The molecule has 2 aromatic rings. The van der Waals surface area contributed by atoms with Crippen LogP contribution in [0.15, 0.2) is 36.4 Å². The summed E-state index contributed by atoms with van der Waals surface area (Å²) in [5, 5.41) is 11.9. The molecule has 0 aromatic heterocycles. The number of carbonyl (C=O) groups is 2. The molecule has 0 spiro atoms. The average molecular weight is 407 g/mol. The fourth-order valence-electron chi connectivity index (χ4n) is 3.36. The highest BCUT2D eigenvalue weighted by molar-refractivity contribution is 5.96. The SMILES string of the molecule is Cc1cc(C)cc(N(CCC#N)C(=O)CN(C)CC(=O)Nc2cccc(C)c2C)c1. The summed E-state index contributed by atoms with van der Waals surface area (Å²) < 4.78 is 0. The lowest BCUT2D eigenvalue weighted by molar-refractivity contribution is -0.121. The maximum Gasteiger partial charge on any atom is 0.241 e. The van der Waals surface area contributed by atoms with Crippen LogP contribution < -0.4 is 10.2 Å². The summed E-state index contributed by atoms with van der Waals surface area (Å²) in [4.78, 5) is 28.7. The van der Waals surface area contributed by atoms with E-state index in [-0.39, 0.29) is 31.3 Å². The Balaban J connectivity index is 2.04. The fourth-order valence-corrected chi connectivity index (χ4v) is 3.36. The summed E-state index contributed by atoms with van der Waals surface area (Å²) >= 11 is 0. The van der Waals surface area contributed by atoms with E-state index >= 15 is 0 Å². The summed E-state index contributed by atoms with van der Waals surface area (Å²) in [6, 6.07) is 13.8. The van der Waals surface area contributed by atoms with Crippen molar-refractivity contribution in [2.75, 3.05) is 36.9 Å². The summed E-state index contributed by atoms with van der Waals surface area (Å²) in [7, 11) is 1.74. The predicted molar refractivity (Wildman–Crippen MR) is 121 cm³/mol. The molecule has 0 unspecified atom stereocenters. The highest BCUT2D eigenvalue weighted by Crippen LogP contribution is 2.20. The smallest absolute Gasteiger partial charge is 0.241 e. The van der Waals surface area contributed by atoms with Crippen LogP contribution in [0.3, 0.4) is 0 Å². The number of rotatable bonds is 8. The summed E-state index contributed by atoms with van der Waals surface area (Å²) in [5.74, 6) is -0.314. The zero-order valence-corrected chi connectivity index (χ0v) is 18.5. The van der Waals surface area contributed by atoms with Crippen LogP contribution in [0, 0.1) is 39.0 Å². The van der Waals surface area contributed by atoms with Crippen LogP contribution in [-0.2, 0) is 9.59 Å². The molecule has 0 aliphatic heterocycles. The van der Waals surface area contributed by atoms with Crippen LogP contribution >= 0.6 is 0 Å². The molecule has 0 fully saturated rings. The number of nitrogens with one attached hydrogen (secondary N) is 1. The van der Waals surface area contributed by atoms with Crippen LogP contribution in [-0.4, -0.2) is 43.4 Å². The molecule has 30 heavy (non-hydrogen) atoms. The third-order valence-corrected chi connectivity index (χ3v) is 4.96. The molecule has 6 nitrogen and oxygen atoms in total. The van der Waals surface area contributed by atoms with Gasteiger partial charge in [-0.2, -0.15) is 5.26 Å². The zero-order valence-electron chi connectivity index (χ0n) is 18.5. The van der Waals surface area contributed by atoms with Gasteiger partial charge in [-0.25, -0.2) is 0 Å². The molecule has 0 heterocycles. The van der Waals surface area contributed by atoms with Crippen molar-refractivity contribution in [2.24, 2.45) is 0 Å². The van der Waals surface area contributed by atoms with Gasteiger partial charge in [-0.3, -0.25) is 14.5 Å². The van der Waals surface area contributed by atoms with Gasteiger partial charge >= 0.3 is 0 Å². The number of benzene rings is 2. The van der Waals surface area contributed by atoms with Crippen LogP contribution in [0.5, 0.6) is 0 Å². The van der Waals surface area contributed by atoms with Crippen molar-refractivity contribution in [1.29, 1.82) is 5.26 Å². The first-order valence-electron chi connectivity index (χ1n) is 10.0. The summed E-state index contributed by atoms with van der Waals surface area (Å²) in [5.41, 5.74) is 5.81. The summed E-state index contributed by atoms with van der Waals surface area (Å²) in [6.45, 7) is 8.42. The molecular formula is C24H30N4O2. The van der Waals surface area contributed by atoms with E-state index in [1.807, 2.05) is 64.1 Å². The predicted octanol–water partition coefficient (Wildman–Crippen LogP) is 3.74. The monoisotopic (exact) mass is 406 g/mol. The Bertz CT molecular complexity index is 942. The summed E-state index contributed by atoms with van der Waals surface area (Å²) in [6.07, 6.45) is 0.246. The lowest BCUT2D eigenvalue weighted by atomic mass is 10.1. The number of anilines is 2. The lowest BCUT2D eigenvalue weighted by Crippen LogP contribution is -2.42. The van der Waals surface area contributed by atoms with Crippen molar-refractivity contribution < 1.29 is 9.59 Å². The van der Waals surface area contributed by atoms with E-state index in [1.165, 1.54) is 0 Å². The van der Waals surface area contributed by atoms with Gasteiger partial charge in [0.2, 0.25) is 11.8 Å². The van der Waals surface area contributed by atoms with Gasteiger partial charge in [-0.05, 0) is 75.2 Å². The van der Waals surface area contributed by atoms with Crippen LogP contribution in [0.2, 0.25) is 0 Å². The molecule has 2 rings (SSSR count). The lowest BCUT2D eigenvalue weighted by Gasteiger charge is -2.25. The van der Waals surface area contributed by atoms with Gasteiger partial charge in [0.25, 0.3) is 0 Å². The minimum absolute atomic E-state index is 0.0820. The van der Waals surface area contributed by atoms with E-state index in [2.05, 4.69) is 11.4 Å². The maximum atomic E-state index is 13.0. The fraction of sp³-hybridized carbons (Fsp3) is 0.375. The third kappa shape index (κ3) is 6.43. The van der Waals surface area contributed by atoms with E-state index in [0.717, 1.165) is 33.6 Å². The second kappa shape index (κ2) is 10.6. The minimum atomic E-state index is -0.172. The Morgan fingerprint density at radius 2 is 1.70 bits per heavy atom. The van der Waals surface area contributed by atoms with Gasteiger partial charge in [0, 0.05) is 17.9 Å². The van der Waals surface area contributed by atoms with Gasteiger partial charge in [-0.1, -0.05) is 18.2 Å². The molecule has 0 saturated carbocycles. The number of likely N-dealkylation sites (N-methyl/N-ethyl adjacent to an activating group) is 1. The van der Waals surface area contributed by atoms with Gasteiger partial charge in [0.05, 0.1) is 25.6 Å². The number of aryl methyl sites for hydroxylation is 3. The normalized spacial score (nSPS) is 10.6. The molecule has 1 N–H and O–H groups in total. The van der Waals surface area contributed by atoms with E-state index in [9.17, 15) is 9.59 Å². The molecule has 6 heteroatoms. The standard InChI is InChI=1S/C24H30N4O2/c1-17-12-18(2)14-21(13-17)28(11-7-10-25)24(30)16-27(5)15-23(29)26-22-9-6-8-19(3)20(22)4/h6,8-9,12-14H,7,11,15-16H2,1-5H3,(H,26,29). The Labute approximate surface area is 179 Å². The third-order valence-electron chi connectivity index (χ3n) is 4.96. The molecule has 2 amide bonds. The first-order valence-corrected chi connectivity index (χ1v) is 10.0. The first kappa shape index (κ1) is 23.1. The number of carbonyl (C=O) groups excluding carboxylic acids is 2. The van der Waals surface area contributed by atoms with Crippen LogP contribution in [0.4, 0.5) is 11.4 Å². The van der Waals surface area contributed by atoms with Gasteiger partial charge in [0.15, 0.2) is 0 Å². The van der Waals surface area contributed by atoms with Crippen molar-refractivity contribution in [3.8, 4) is 6.07 Å². The van der Waals surface area contributed by atoms with E-state index in [4.69, 9.17) is 5.26 Å². The Morgan fingerprint density at radius 3 is 2.33 bits per heavy atom. The number of amides is 2. The van der Waals surface area contributed by atoms with Crippen LogP contribution in [0.25, 0.3) is 0 Å². The highest BCUT2D eigenvalue weighted by atomic mass is 16.2. The zero-order chi connectivity index (χ0) is 22.3. The molecule has 2 aromatic carbocycles. The number of hydrogen-bond acceptors (Lipinski definition) is 4. The van der Waals surface area contributed by atoms with Crippen molar-refractivity contribution in [1.82, 2.24) is 4.90 Å². The minimum Gasteiger partial charge on any atom is -0.325 e. The Kier molecular flexibility index (Phi) is 8.14. The average Bonchev–Trinajstić information content (AvgIpc) is 2.64. The molecular weight excluding hydrogens is 376 g/mol. The Morgan fingerprint density at radius 1 is 1.03 bits per heavy atom. The molecule has 0 atom stereocenters. The van der Waals surface area contributed by atoms with E-state index in [0.29, 0.717) is 6.54 Å². The molecule has 0 aliphatic rings. The topological polar surface area (TPSA) is 76.4 Å². The van der Waals surface area contributed by atoms with Gasteiger partial charge < -0.3 is 10.2 Å². The molecule has 0 saturated heterocycles. The van der Waals surface area contributed by atoms with Crippen molar-refractivity contribution in [3.63, 3.8) is 0 Å². The number of nitrogens with zero attached hydrogens (tertiary/aromatic N) is 3. The van der Waals surface area contributed by atoms with E-state index < -0.39 is 0 Å². The largest absolute Gasteiger partial charge is 0.325 e. The number of nitriles is 1. The second-order valence-electron chi connectivity index (χ2n) is 7.77. The van der Waals surface area contributed by atoms with Crippen LogP contribution in [0.1, 0.15) is 28.7 Å². The molecule has 158 valence electrons. The van der Waals surface area contributed by atoms with Crippen molar-refractivity contribution >= 4 is 23.2 Å². The van der Waals surface area contributed by atoms with Gasteiger partial charge in [-0.15, -0.1) is 0 Å². The second-order valence-corrected chi connectivity index (χ2v) is 7.77. The maximum absolute atomic E-state index is 13.0. The van der Waals surface area contributed by atoms with Crippen molar-refractivity contribution in [3.05, 3.63) is 58.7 Å². The first-order chi connectivity index (χ1) is 14.2. The van der Waals surface area contributed by atoms with Gasteiger partial charge in [0.1, 0.15) is 0 Å². The highest BCUT2D eigenvalue weighted by Gasteiger charge is 2.19. The quantitative estimate of drug-likeness (QED) is 0.725. The Hall–Kier alpha value is -3.17. The van der Waals surface area contributed by atoms with E-state index in [1.54, 1.807) is 16.8 Å². The molecule has 0 bridgehead atoms. The molecule has 0 radical (unpaired) electrons. The number of hydrogen-bond donors (Lipinski definition) is 1. The molecule has 0 aliphatic carbocycles.